The van der Waals surface area contributed by atoms with Gasteiger partial charge in [0.1, 0.15) is 10.1 Å². The van der Waals surface area contributed by atoms with E-state index in [0.29, 0.717) is 13.2 Å². The summed E-state index contributed by atoms with van der Waals surface area (Å²) in [6.07, 6.45) is 1.11. The van der Waals surface area contributed by atoms with E-state index in [2.05, 4.69) is 21.2 Å². The summed E-state index contributed by atoms with van der Waals surface area (Å²) in [5.41, 5.74) is -0.500. The normalized spacial score (nSPS) is 11.9. The predicted octanol–water partition coefficient (Wildman–Crippen LogP) is 1.23. The van der Waals surface area contributed by atoms with Crippen molar-refractivity contribution in [2.45, 2.75) is 32.8 Å². The Balaban J connectivity index is 3.52. The summed E-state index contributed by atoms with van der Waals surface area (Å²) in [5.74, 6) is -2.06. The number of amides is 1. The molecule has 0 rings (SSSR count). The maximum atomic E-state index is 11.4. The molecule has 0 saturated carbocycles. The van der Waals surface area contributed by atoms with Crippen LogP contribution in [-0.2, 0) is 28.6 Å². The third-order valence-corrected chi connectivity index (χ3v) is 2.82. The lowest BCUT2D eigenvalue weighted by Crippen LogP contribution is -2.26. The molecule has 0 heterocycles. The number of ether oxygens (including phenoxy) is 3. The fourth-order valence-corrected chi connectivity index (χ4v) is 1.55. The van der Waals surface area contributed by atoms with Crippen molar-refractivity contribution in [3.8, 4) is 0 Å². The molecule has 0 unspecified atom stereocenters. The lowest BCUT2D eigenvalue weighted by Gasteiger charge is -2.19. The Morgan fingerprint density at radius 1 is 1.08 bits per heavy atom. The maximum Gasteiger partial charge on any atom is 0.342 e. The van der Waals surface area contributed by atoms with Crippen molar-refractivity contribution < 1.29 is 33.7 Å². The molecule has 2 N–H and O–H groups in total. The number of nitrogens with one attached hydrogen (secondary N) is 1. The van der Waals surface area contributed by atoms with Crippen LogP contribution in [0.2, 0.25) is 0 Å². The first kappa shape index (κ1) is 22.6. The van der Waals surface area contributed by atoms with E-state index in [9.17, 15) is 14.4 Å². The summed E-state index contributed by atoms with van der Waals surface area (Å²) in [7, 11) is 0. The van der Waals surface area contributed by atoms with E-state index in [4.69, 9.17) is 19.3 Å². The van der Waals surface area contributed by atoms with Gasteiger partial charge in [-0.05, 0) is 36.7 Å². The molecule has 0 bridgehead atoms. The zero-order valence-electron chi connectivity index (χ0n) is 14.1. The summed E-state index contributed by atoms with van der Waals surface area (Å²) in [4.78, 5) is 33.2. The zero-order valence-corrected chi connectivity index (χ0v) is 15.7. The van der Waals surface area contributed by atoms with Gasteiger partial charge >= 0.3 is 11.9 Å². The van der Waals surface area contributed by atoms with Gasteiger partial charge in [-0.2, -0.15) is 0 Å². The first-order valence-electron chi connectivity index (χ1n) is 7.37. The molecule has 0 spiro atoms. The molecule has 0 aromatic heterocycles. The standard InChI is InChI=1S/C15H24BrNO7/c1-15(2,3)24-13(19)4-6-22-8-9-23-7-5-17-12(18)10-11(16)14(20)21/h10H,4-9H2,1-3H3,(H,17,18)(H,20,21)/b11-10+. The minimum atomic E-state index is -1.22. The molecule has 0 radical (unpaired) electrons. The highest BCUT2D eigenvalue weighted by Gasteiger charge is 2.15. The number of hydrogen-bond donors (Lipinski definition) is 2. The number of halogens is 1. The van der Waals surface area contributed by atoms with Crippen LogP contribution in [0.15, 0.2) is 10.6 Å². The second-order valence-electron chi connectivity index (χ2n) is 5.65. The Morgan fingerprint density at radius 3 is 2.21 bits per heavy atom. The van der Waals surface area contributed by atoms with Crippen molar-refractivity contribution in [1.82, 2.24) is 5.32 Å². The van der Waals surface area contributed by atoms with Crippen LogP contribution in [0, 0.1) is 0 Å². The van der Waals surface area contributed by atoms with Crippen molar-refractivity contribution in [2.75, 3.05) is 33.0 Å². The zero-order chi connectivity index (χ0) is 18.6. The number of carboxylic acids is 1. The quantitative estimate of drug-likeness (QED) is 0.299. The highest BCUT2D eigenvalue weighted by atomic mass is 79.9. The molecule has 138 valence electrons. The molecule has 9 heteroatoms. The predicted molar refractivity (Wildman–Crippen MR) is 89.8 cm³/mol. The highest BCUT2D eigenvalue weighted by Crippen LogP contribution is 2.08. The first-order valence-corrected chi connectivity index (χ1v) is 8.17. The minimum absolute atomic E-state index is 0.179. The van der Waals surface area contributed by atoms with Crippen LogP contribution in [0.5, 0.6) is 0 Å². The summed E-state index contributed by atoms with van der Waals surface area (Å²) in [6, 6.07) is 0. The van der Waals surface area contributed by atoms with E-state index in [1.807, 2.05) is 0 Å². The summed E-state index contributed by atoms with van der Waals surface area (Å²) in [5, 5.41) is 11.0. The fourth-order valence-electron chi connectivity index (χ4n) is 1.34. The SMILES string of the molecule is CC(C)(C)OC(=O)CCOCCOCCNC(=O)/C=C(/Br)C(=O)O. The largest absolute Gasteiger partial charge is 0.477 e. The van der Waals surface area contributed by atoms with E-state index < -0.39 is 17.5 Å². The van der Waals surface area contributed by atoms with Crippen LogP contribution in [0.1, 0.15) is 27.2 Å². The molecule has 0 aromatic rings. The molecule has 0 aliphatic heterocycles. The van der Waals surface area contributed by atoms with Crippen molar-refractivity contribution in [3.05, 3.63) is 10.6 Å². The molecule has 1 amide bonds. The highest BCUT2D eigenvalue weighted by molar-refractivity contribution is 9.12. The lowest BCUT2D eigenvalue weighted by molar-refractivity contribution is -0.156. The van der Waals surface area contributed by atoms with Gasteiger partial charge in [-0.15, -0.1) is 0 Å². The Morgan fingerprint density at radius 2 is 1.67 bits per heavy atom. The molecule has 0 saturated heterocycles. The van der Waals surface area contributed by atoms with Crippen LogP contribution in [-0.4, -0.2) is 61.5 Å². The monoisotopic (exact) mass is 409 g/mol. The van der Waals surface area contributed by atoms with Crippen LogP contribution in [0.4, 0.5) is 0 Å². The number of rotatable bonds is 11. The Kier molecular flexibility index (Phi) is 11.3. The van der Waals surface area contributed by atoms with Gasteiger partial charge in [0.05, 0.1) is 32.8 Å². The second kappa shape index (κ2) is 12.0. The molecule has 8 nitrogen and oxygen atoms in total. The molecule has 0 aromatic carbocycles. The van der Waals surface area contributed by atoms with E-state index >= 15 is 0 Å². The van der Waals surface area contributed by atoms with Crippen molar-refractivity contribution in [3.63, 3.8) is 0 Å². The van der Waals surface area contributed by atoms with Crippen molar-refractivity contribution >= 4 is 33.8 Å². The van der Waals surface area contributed by atoms with Crippen LogP contribution in [0.25, 0.3) is 0 Å². The van der Waals surface area contributed by atoms with Gasteiger partial charge in [0.2, 0.25) is 5.91 Å². The van der Waals surface area contributed by atoms with Crippen molar-refractivity contribution in [2.24, 2.45) is 0 Å². The third kappa shape index (κ3) is 14.2. The average Bonchev–Trinajstić information content (AvgIpc) is 2.43. The number of aliphatic carboxylic acids is 1. The van der Waals surface area contributed by atoms with E-state index in [0.717, 1.165) is 6.08 Å². The molecule has 24 heavy (non-hydrogen) atoms. The molecule has 0 fully saturated rings. The summed E-state index contributed by atoms with van der Waals surface area (Å²) < 4.78 is 15.4. The Bertz CT molecular complexity index is 457. The topological polar surface area (TPSA) is 111 Å². The lowest BCUT2D eigenvalue weighted by atomic mass is 10.2. The maximum absolute atomic E-state index is 11.4. The van der Waals surface area contributed by atoms with Gasteiger partial charge in [0.15, 0.2) is 0 Å². The van der Waals surface area contributed by atoms with E-state index in [1.54, 1.807) is 20.8 Å². The van der Waals surface area contributed by atoms with Gasteiger partial charge in [0.25, 0.3) is 0 Å². The average molecular weight is 410 g/mol. The number of esters is 1. The number of carbonyl (C=O) groups excluding carboxylic acids is 2. The summed E-state index contributed by atoms with van der Waals surface area (Å²) in [6.45, 7) is 6.80. The molecule has 0 aliphatic rings. The van der Waals surface area contributed by atoms with Crippen LogP contribution < -0.4 is 5.32 Å². The molecular formula is C15H24BrNO7. The molecular weight excluding hydrogens is 386 g/mol. The Labute approximate surface area is 149 Å². The third-order valence-electron chi connectivity index (χ3n) is 2.25. The first-order chi connectivity index (χ1) is 11.1. The van der Waals surface area contributed by atoms with Crippen LogP contribution >= 0.6 is 15.9 Å². The van der Waals surface area contributed by atoms with Gasteiger partial charge in [0, 0.05) is 12.6 Å². The van der Waals surface area contributed by atoms with Crippen molar-refractivity contribution in [1.29, 1.82) is 0 Å². The van der Waals surface area contributed by atoms with Gasteiger partial charge in [-0.1, -0.05) is 0 Å². The molecule has 0 aliphatic carbocycles. The van der Waals surface area contributed by atoms with Crippen LogP contribution in [0.3, 0.4) is 0 Å². The molecule has 0 atom stereocenters. The Hall–Kier alpha value is -1.45. The van der Waals surface area contributed by atoms with E-state index in [1.165, 1.54) is 0 Å². The van der Waals surface area contributed by atoms with Gasteiger partial charge in [-0.25, -0.2) is 4.79 Å². The van der Waals surface area contributed by atoms with Gasteiger partial charge < -0.3 is 24.6 Å². The number of carbonyl (C=O) groups is 3. The summed E-state index contributed by atoms with van der Waals surface area (Å²) >= 11 is 2.75. The minimum Gasteiger partial charge on any atom is -0.477 e. The number of hydrogen-bond acceptors (Lipinski definition) is 6. The number of carboxylic acid groups (broad SMARTS) is 1. The van der Waals surface area contributed by atoms with Gasteiger partial charge in [-0.3, -0.25) is 9.59 Å². The van der Waals surface area contributed by atoms with E-state index in [-0.39, 0.29) is 36.6 Å². The smallest absolute Gasteiger partial charge is 0.342 e. The second-order valence-corrected chi connectivity index (χ2v) is 6.50. The fraction of sp³-hybridized carbons (Fsp3) is 0.667.